The lowest BCUT2D eigenvalue weighted by molar-refractivity contribution is 0.0367. The van der Waals surface area contributed by atoms with E-state index in [1.165, 1.54) is 0 Å². The van der Waals surface area contributed by atoms with Crippen LogP contribution in [0.3, 0.4) is 0 Å². The predicted octanol–water partition coefficient (Wildman–Crippen LogP) is 3.87. The zero-order valence-corrected chi connectivity index (χ0v) is 15.6. The summed E-state index contributed by atoms with van der Waals surface area (Å²) in [7, 11) is 0. The summed E-state index contributed by atoms with van der Waals surface area (Å²) in [5.74, 6) is -1.23. The van der Waals surface area contributed by atoms with Crippen LogP contribution in [-0.2, 0) is 4.74 Å². The Kier molecular flexibility index (Phi) is 5.74. The Hall–Kier alpha value is -2.47. The Bertz CT molecular complexity index is 835. The molecule has 2 aromatic rings. The van der Waals surface area contributed by atoms with Gasteiger partial charge >= 0.3 is 5.97 Å². The molecule has 0 unspecified atom stereocenters. The Morgan fingerprint density at radius 1 is 1.08 bits per heavy atom. The fourth-order valence-electron chi connectivity index (χ4n) is 2.08. The number of ether oxygens (including phenoxy) is 1. The number of halogens is 1. The molecule has 1 aromatic heterocycles. The van der Waals surface area contributed by atoms with E-state index in [1.807, 2.05) is 6.92 Å². The number of anilines is 1. The number of carbonyl (C=O) groups excluding carboxylic acids is 2. The zero-order valence-electron chi connectivity index (χ0n) is 14.8. The maximum Gasteiger partial charge on any atom is 0.359 e. The predicted molar refractivity (Wildman–Crippen MR) is 96.2 cm³/mol. The average molecular weight is 362 g/mol. The van der Waals surface area contributed by atoms with Crippen molar-refractivity contribution < 1.29 is 14.3 Å². The van der Waals surface area contributed by atoms with Crippen molar-refractivity contribution >= 4 is 29.2 Å². The number of rotatable bonds is 4. The molecule has 0 aliphatic rings. The number of esters is 1. The van der Waals surface area contributed by atoms with Gasteiger partial charge in [0.2, 0.25) is 0 Å². The van der Waals surface area contributed by atoms with Crippen molar-refractivity contribution in [2.45, 2.75) is 40.7 Å². The van der Waals surface area contributed by atoms with Gasteiger partial charge in [-0.25, -0.2) is 14.8 Å². The third-order valence-corrected chi connectivity index (χ3v) is 3.74. The highest BCUT2D eigenvalue weighted by Gasteiger charge is 2.24. The smallest absolute Gasteiger partial charge is 0.359 e. The Balaban J connectivity index is 2.42. The number of aryl methyl sites for hydroxylation is 3. The van der Waals surface area contributed by atoms with Crippen LogP contribution >= 0.6 is 11.6 Å². The summed E-state index contributed by atoms with van der Waals surface area (Å²) in [6, 6.07) is 5.15. The molecular formula is C18H20ClN3O3. The van der Waals surface area contributed by atoms with Crippen LogP contribution in [0.1, 0.15) is 51.8 Å². The molecule has 0 aliphatic heterocycles. The number of hydrogen-bond donors (Lipinski definition) is 1. The Morgan fingerprint density at radius 2 is 1.68 bits per heavy atom. The van der Waals surface area contributed by atoms with E-state index in [4.69, 9.17) is 16.3 Å². The molecule has 2 rings (SSSR count). The van der Waals surface area contributed by atoms with E-state index in [-0.39, 0.29) is 17.5 Å². The van der Waals surface area contributed by atoms with E-state index in [0.717, 1.165) is 5.56 Å². The zero-order chi connectivity index (χ0) is 18.7. The molecule has 0 saturated heterocycles. The van der Waals surface area contributed by atoms with Gasteiger partial charge in [0.15, 0.2) is 11.4 Å². The third-order valence-electron chi connectivity index (χ3n) is 3.51. The minimum Gasteiger partial charge on any atom is -0.458 e. The van der Waals surface area contributed by atoms with E-state index < -0.39 is 11.9 Å². The molecule has 1 amide bonds. The minimum absolute atomic E-state index is 0.0758. The van der Waals surface area contributed by atoms with E-state index in [0.29, 0.717) is 22.1 Å². The van der Waals surface area contributed by atoms with Crippen molar-refractivity contribution in [2.75, 3.05) is 5.32 Å². The molecule has 0 saturated carbocycles. The van der Waals surface area contributed by atoms with E-state index >= 15 is 0 Å². The molecule has 0 fully saturated rings. The Labute approximate surface area is 151 Å². The first-order valence-electron chi connectivity index (χ1n) is 7.82. The third kappa shape index (κ3) is 4.54. The van der Waals surface area contributed by atoms with Crippen LogP contribution in [0.5, 0.6) is 0 Å². The second kappa shape index (κ2) is 7.61. The van der Waals surface area contributed by atoms with Gasteiger partial charge in [-0.05, 0) is 52.3 Å². The first-order chi connectivity index (χ1) is 11.7. The molecule has 0 spiro atoms. The molecule has 7 heteroatoms. The maximum absolute atomic E-state index is 12.7. The summed E-state index contributed by atoms with van der Waals surface area (Å²) < 4.78 is 5.17. The first-order valence-corrected chi connectivity index (χ1v) is 8.20. The van der Waals surface area contributed by atoms with Gasteiger partial charge in [-0.3, -0.25) is 4.79 Å². The number of carbonyl (C=O) groups is 2. The van der Waals surface area contributed by atoms with Crippen LogP contribution in [0.4, 0.5) is 5.69 Å². The molecule has 0 bridgehead atoms. The van der Waals surface area contributed by atoms with Gasteiger partial charge < -0.3 is 10.1 Å². The van der Waals surface area contributed by atoms with E-state index in [9.17, 15) is 9.59 Å². The number of benzene rings is 1. The number of nitrogens with one attached hydrogen (secondary N) is 1. The maximum atomic E-state index is 12.7. The molecule has 132 valence electrons. The SMILES string of the molecule is Cc1ccc(Cl)cc1NC(=O)c1nc(C)c(C)nc1C(=O)OC(C)C. The molecular weight excluding hydrogens is 342 g/mol. The molecule has 25 heavy (non-hydrogen) atoms. The molecule has 0 atom stereocenters. The van der Waals surface area contributed by atoms with Gasteiger partial charge in [-0.1, -0.05) is 17.7 Å². The molecule has 0 radical (unpaired) electrons. The van der Waals surface area contributed by atoms with Gasteiger partial charge in [0.1, 0.15) is 0 Å². The van der Waals surface area contributed by atoms with Crippen LogP contribution in [0.25, 0.3) is 0 Å². The van der Waals surface area contributed by atoms with Crippen molar-refractivity contribution in [3.63, 3.8) is 0 Å². The fourth-order valence-corrected chi connectivity index (χ4v) is 2.26. The van der Waals surface area contributed by atoms with Crippen LogP contribution in [-0.4, -0.2) is 27.9 Å². The summed E-state index contributed by atoms with van der Waals surface area (Å²) >= 11 is 5.98. The van der Waals surface area contributed by atoms with Crippen LogP contribution < -0.4 is 5.32 Å². The van der Waals surface area contributed by atoms with Crippen LogP contribution in [0.2, 0.25) is 5.02 Å². The standard InChI is InChI=1S/C18H20ClN3O3/c1-9(2)25-18(24)16-15(20-11(4)12(5)21-16)17(23)22-14-8-13(19)7-6-10(14)3/h6-9H,1-5H3,(H,22,23). The van der Waals surface area contributed by atoms with Crippen LogP contribution in [0, 0.1) is 20.8 Å². The van der Waals surface area contributed by atoms with Gasteiger partial charge in [-0.2, -0.15) is 0 Å². The molecule has 0 aliphatic carbocycles. The molecule has 1 heterocycles. The number of amides is 1. The minimum atomic E-state index is -0.682. The van der Waals surface area contributed by atoms with Gasteiger partial charge in [0.25, 0.3) is 5.91 Å². The van der Waals surface area contributed by atoms with Crippen molar-refractivity contribution in [1.82, 2.24) is 9.97 Å². The van der Waals surface area contributed by atoms with Crippen molar-refractivity contribution in [3.05, 3.63) is 51.6 Å². The summed E-state index contributed by atoms with van der Waals surface area (Å²) in [5.41, 5.74) is 2.32. The van der Waals surface area contributed by atoms with E-state index in [1.54, 1.807) is 45.9 Å². The lowest BCUT2D eigenvalue weighted by Gasteiger charge is -2.13. The average Bonchev–Trinajstić information content (AvgIpc) is 2.52. The lowest BCUT2D eigenvalue weighted by Crippen LogP contribution is -2.24. The molecule has 1 N–H and O–H groups in total. The summed E-state index contributed by atoms with van der Waals surface area (Å²) in [6.07, 6.45) is -0.331. The largest absolute Gasteiger partial charge is 0.458 e. The number of aromatic nitrogens is 2. The number of nitrogens with zero attached hydrogens (tertiary/aromatic N) is 2. The van der Waals surface area contributed by atoms with Crippen molar-refractivity contribution in [1.29, 1.82) is 0 Å². The monoisotopic (exact) mass is 361 g/mol. The van der Waals surface area contributed by atoms with Gasteiger partial charge in [0, 0.05) is 10.7 Å². The normalized spacial score (nSPS) is 10.7. The first kappa shape index (κ1) is 18.9. The van der Waals surface area contributed by atoms with Crippen LogP contribution in [0.15, 0.2) is 18.2 Å². The van der Waals surface area contributed by atoms with Gasteiger partial charge in [-0.15, -0.1) is 0 Å². The number of hydrogen-bond acceptors (Lipinski definition) is 5. The molecule has 1 aromatic carbocycles. The second-order valence-corrected chi connectivity index (χ2v) is 6.40. The topological polar surface area (TPSA) is 81.2 Å². The second-order valence-electron chi connectivity index (χ2n) is 5.96. The van der Waals surface area contributed by atoms with Crippen molar-refractivity contribution in [2.24, 2.45) is 0 Å². The molecule has 6 nitrogen and oxygen atoms in total. The lowest BCUT2D eigenvalue weighted by atomic mass is 10.2. The quantitative estimate of drug-likeness (QED) is 0.836. The Morgan fingerprint density at radius 3 is 2.28 bits per heavy atom. The fraction of sp³-hybridized carbons (Fsp3) is 0.333. The highest BCUT2D eigenvalue weighted by Crippen LogP contribution is 2.21. The summed E-state index contributed by atoms with van der Waals surface area (Å²) in [5, 5.41) is 3.22. The summed E-state index contributed by atoms with van der Waals surface area (Å²) in [6.45, 7) is 8.73. The van der Waals surface area contributed by atoms with Gasteiger partial charge in [0.05, 0.1) is 17.5 Å². The van der Waals surface area contributed by atoms with Crippen molar-refractivity contribution in [3.8, 4) is 0 Å². The van der Waals surface area contributed by atoms with E-state index in [2.05, 4.69) is 15.3 Å². The highest BCUT2D eigenvalue weighted by atomic mass is 35.5. The highest BCUT2D eigenvalue weighted by molar-refractivity contribution is 6.31. The summed E-state index contributed by atoms with van der Waals surface area (Å²) in [4.78, 5) is 33.4.